The molecular weight excluding hydrogens is 329 g/mol. The first-order valence-electron chi connectivity index (χ1n) is 6.90. The van der Waals surface area contributed by atoms with E-state index in [1.54, 1.807) is 11.3 Å². The van der Waals surface area contributed by atoms with Gasteiger partial charge in [0, 0.05) is 17.3 Å². The molecule has 0 bridgehead atoms. The van der Waals surface area contributed by atoms with Crippen LogP contribution in [0.3, 0.4) is 0 Å². The fourth-order valence-corrected chi connectivity index (χ4v) is 3.08. The minimum absolute atomic E-state index is 0. The Morgan fingerprint density at radius 2 is 2.19 bits per heavy atom. The summed E-state index contributed by atoms with van der Waals surface area (Å²) in [7, 11) is 0. The van der Waals surface area contributed by atoms with Gasteiger partial charge in [-0.05, 0) is 19.4 Å². The van der Waals surface area contributed by atoms with E-state index in [9.17, 15) is 4.79 Å². The molecule has 21 heavy (non-hydrogen) atoms. The second-order valence-corrected chi connectivity index (χ2v) is 7.08. The number of aromatic nitrogens is 1. The van der Waals surface area contributed by atoms with Gasteiger partial charge in [-0.25, -0.2) is 4.98 Å². The SMILES string of the molecule is CC(C)(C)c1csc(CNC(=O)C2CCCNC2)n1.Cl.Cl. The number of carbonyl (C=O) groups is 1. The number of nitrogens with zero attached hydrogens (tertiary/aromatic N) is 1. The molecule has 122 valence electrons. The standard InChI is InChI=1S/C14H23N3OS.2ClH/c1-14(2,3)11-9-19-12(17-11)8-16-13(18)10-5-4-6-15-7-10;;/h9-10,15H,4-8H2,1-3H3,(H,16,18);2*1H. The van der Waals surface area contributed by atoms with Gasteiger partial charge in [-0.2, -0.15) is 0 Å². The lowest BCUT2D eigenvalue weighted by Gasteiger charge is -2.21. The number of carbonyl (C=O) groups excluding carboxylic acids is 1. The fraction of sp³-hybridized carbons (Fsp3) is 0.714. The maximum absolute atomic E-state index is 12.0. The molecule has 1 unspecified atom stereocenters. The predicted octanol–water partition coefficient (Wildman–Crippen LogP) is 2.90. The molecule has 1 fully saturated rings. The molecule has 1 saturated heterocycles. The van der Waals surface area contributed by atoms with E-state index in [1.807, 2.05) is 0 Å². The Kier molecular flexibility index (Phi) is 8.78. The molecule has 1 aromatic heterocycles. The Balaban J connectivity index is 0.00000200. The van der Waals surface area contributed by atoms with Crippen molar-refractivity contribution in [3.05, 3.63) is 16.1 Å². The Hall–Kier alpha value is -0.360. The summed E-state index contributed by atoms with van der Waals surface area (Å²) in [6.45, 7) is 8.84. The van der Waals surface area contributed by atoms with Crippen molar-refractivity contribution in [3.8, 4) is 0 Å². The number of nitrogens with one attached hydrogen (secondary N) is 2. The van der Waals surface area contributed by atoms with Crippen LogP contribution in [0.25, 0.3) is 0 Å². The first-order chi connectivity index (χ1) is 8.97. The molecule has 0 spiro atoms. The molecule has 4 nitrogen and oxygen atoms in total. The second-order valence-electron chi connectivity index (χ2n) is 6.14. The Morgan fingerprint density at radius 1 is 1.48 bits per heavy atom. The third kappa shape index (κ3) is 6.10. The van der Waals surface area contributed by atoms with E-state index >= 15 is 0 Å². The van der Waals surface area contributed by atoms with E-state index in [4.69, 9.17) is 0 Å². The van der Waals surface area contributed by atoms with Gasteiger partial charge in [0.25, 0.3) is 0 Å². The first-order valence-corrected chi connectivity index (χ1v) is 7.78. The van der Waals surface area contributed by atoms with Crippen molar-refractivity contribution in [1.82, 2.24) is 15.6 Å². The molecule has 1 atom stereocenters. The van der Waals surface area contributed by atoms with Crippen molar-refractivity contribution in [2.45, 2.75) is 45.6 Å². The number of piperidine rings is 1. The number of amides is 1. The summed E-state index contributed by atoms with van der Waals surface area (Å²) >= 11 is 1.62. The number of halogens is 2. The Morgan fingerprint density at radius 3 is 2.71 bits per heavy atom. The molecule has 0 radical (unpaired) electrons. The van der Waals surface area contributed by atoms with Gasteiger partial charge in [-0.15, -0.1) is 36.2 Å². The normalized spacial score (nSPS) is 18.3. The average molecular weight is 354 g/mol. The maximum atomic E-state index is 12.0. The third-order valence-corrected chi connectivity index (χ3v) is 4.25. The maximum Gasteiger partial charge on any atom is 0.224 e. The van der Waals surface area contributed by atoms with Gasteiger partial charge in [0.1, 0.15) is 5.01 Å². The van der Waals surface area contributed by atoms with Crippen molar-refractivity contribution in [2.75, 3.05) is 13.1 Å². The smallest absolute Gasteiger partial charge is 0.224 e. The van der Waals surface area contributed by atoms with Crippen molar-refractivity contribution < 1.29 is 4.79 Å². The minimum Gasteiger partial charge on any atom is -0.349 e. The summed E-state index contributed by atoms with van der Waals surface area (Å²) in [5, 5.41) is 9.34. The fourth-order valence-electron chi connectivity index (χ4n) is 2.12. The summed E-state index contributed by atoms with van der Waals surface area (Å²) in [6.07, 6.45) is 2.08. The quantitative estimate of drug-likeness (QED) is 0.878. The molecule has 0 aliphatic carbocycles. The number of hydrogen-bond donors (Lipinski definition) is 2. The van der Waals surface area contributed by atoms with E-state index in [0.29, 0.717) is 6.54 Å². The zero-order chi connectivity index (χ0) is 13.9. The molecular formula is C14H25Cl2N3OS. The summed E-state index contributed by atoms with van der Waals surface area (Å²) in [5.41, 5.74) is 1.17. The highest BCUT2D eigenvalue weighted by Crippen LogP contribution is 2.23. The minimum atomic E-state index is 0. The molecule has 2 rings (SSSR count). The van der Waals surface area contributed by atoms with Crippen molar-refractivity contribution in [1.29, 1.82) is 0 Å². The van der Waals surface area contributed by atoms with Crippen molar-refractivity contribution >= 4 is 42.1 Å². The highest BCUT2D eigenvalue weighted by molar-refractivity contribution is 7.09. The largest absolute Gasteiger partial charge is 0.349 e. The number of thiazole rings is 1. The lowest BCUT2D eigenvalue weighted by Crippen LogP contribution is -2.40. The Bertz CT molecular complexity index is 440. The monoisotopic (exact) mass is 353 g/mol. The molecule has 1 aromatic rings. The zero-order valence-corrected chi connectivity index (χ0v) is 15.2. The van der Waals surface area contributed by atoms with E-state index in [0.717, 1.165) is 36.6 Å². The van der Waals surface area contributed by atoms with Crippen LogP contribution in [0.4, 0.5) is 0 Å². The molecule has 2 heterocycles. The van der Waals surface area contributed by atoms with Crippen LogP contribution in [-0.2, 0) is 16.8 Å². The topological polar surface area (TPSA) is 54.0 Å². The molecule has 1 aliphatic rings. The lowest BCUT2D eigenvalue weighted by atomic mass is 9.93. The molecule has 1 aliphatic heterocycles. The van der Waals surface area contributed by atoms with Crippen molar-refractivity contribution in [2.24, 2.45) is 5.92 Å². The van der Waals surface area contributed by atoms with Crippen LogP contribution in [-0.4, -0.2) is 24.0 Å². The van der Waals surface area contributed by atoms with Crippen LogP contribution in [0.2, 0.25) is 0 Å². The second kappa shape index (κ2) is 8.93. The summed E-state index contributed by atoms with van der Waals surface area (Å²) in [4.78, 5) is 16.6. The van der Waals surface area contributed by atoms with Crippen LogP contribution >= 0.6 is 36.2 Å². The lowest BCUT2D eigenvalue weighted by molar-refractivity contribution is -0.125. The van der Waals surface area contributed by atoms with E-state index in [-0.39, 0.29) is 42.1 Å². The van der Waals surface area contributed by atoms with E-state index in [1.165, 1.54) is 0 Å². The number of hydrogen-bond acceptors (Lipinski definition) is 4. The molecule has 0 aromatic carbocycles. The first kappa shape index (κ1) is 20.6. The Labute approximate surface area is 143 Å². The van der Waals surface area contributed by atoms with Crippen LogP contribution < -0.4 is 10.6 Å². The van der Waals surface area contributed by atoms with Gasteiger partial charge in [0.15, 0.2) is 0 Å². The average Bonchev–Trinajstić information content (AvgIpc) is 2.86. The molecule has 2 N–H and O–H groups in total. The summed E-state index contributed by atoms with van der Waals surface area (Å²) < 4.78 is 0. The number of rotatable bonds is 3. The summed E-state index contributed by atoms with van der Waals surface area (Å²) in [5.74, 6) is 0.274. The van der Waals surface area contributed by atoms with Crippen LogP contribution in [0.1, 0.15) is 44.3 Å². The van der Waals surface area contributed by atoms with E-state index in [2.05, 4.69) is 41.8 Å². The van der Waals surface area contributed by atoms with Gasteiger partial charge >= 0.3 is 0 Å². The van der Waals surface area contributed by atoms with Gasteiger partial charge < -0.3 is 10.6 Å². The van der Waals surface area contributed by atoms with Gasteiger partial charge in [-0.1, -0.05) is 20.8 Å². The van der Waals surface area contributed by atoms with Crippen LogP contribution in [0, 0.1) is 5.92 Å². The summed E-state index contributed by atoms with van der Waals surface area (Å²) in [6, 6.07) is 0. The van der Waals surface area contributed by atoms with Crippen LogP contribution in [0.15, 0.2) is 5.38 Å². The van der Waals surface area contributed by atoms with Gasteiger partial charge in [0.05, 0.1) is 18.2 Å². The molecule has 1 amide bonds. The van der Waals surface area contributed by atoms with Gasteiger partial charge in [-0.3, -0.25) is 4.79 Å². The highest BCUT2D eigenvalue weighted by atomic mass is 35.5. The zero-order valence-electron chi connectivity index (χ0n) is 12.8. The van der Waals surface area contributed by atoms with E-state index < -0.39 is 0 Å². The molecule has 7 heteroatoms. The third-order valence-electron chi connectivity index (χ3n) is 3.40. The van der Waals surface area contributed by atoms with Crippen molar-refractivity contribution in [3.63, 3.8) is 0 Å². The highest BCUT2D eigenvalue weighted by Gasteiger charge is 2.21. The van der Waals surface area contributed by atoms with Gasteiger partial charge in [0.2, 0.25) is 5.91 Å². The van der Waals surface area contributed by atoms with Crippen LogP contribution in [0.5, 0.6) is 0 Å². The predicted molar refractivity (Wildman–Crippen MR) is 92.8 cm³/mol. The molecule has 0 saturated carbocycles.